The van der Waals surface area contributed by atoms with Gasteiger partial charge < -0.3 is 11.1 Å². The third-order valence-electron chi connectivity index (χ3n) is 1.89. The summed E-state index contributed by atoms with van der Waals surface area (Å²) in [7, 11) is 0. The van der Waals surface area contributed by atoms with E-state index < -0.39 is 0 Å². The van der Waals surface area contributed by atoms with Gasteiger partial charge in [0.25, 0.3) is 0 Å². The minimum Gasteiger partial charge on any atom is -0.383 e. The molecule has 88 valence electrons. The second-order valence-corrected chi connectivity index (χ2v) is 4.86. The number of aromatic nitrogens is 2. The molecule has 7 heteroatoms. The molecule has 0 amide bonds. The van der Waals surface area contributed by atoms with E-state index >= 15 is 0 Å². The smallest absolute Gasteiger partial charge is 0.230 e. The molecule has 2 rings (SSSR count). The van der Waals surface area contributed by atoms with Gasteiger partial charge in [-0.1, -0.05) is 0 Å². The van der Waals surface area contributed by atoms with Crippen molar-refractivity contribution in [1.82, 2.24) is 9.97 Å². The number of halogens is 3. The average molecular weight is 362 g/mol. The summed E-state index contributed by atoms with van der Waals surface area (Å²) in [6.45, 7) is 0. The molecule has 3 N–H and O–H groups in total. The maximum absolute atomic E-state index is 13.1. The highest BCUT2D eigenvalue weighted by molar-refractivity contribution is 9.10. The number of nitrogen functional groups attached to an aromatic ring is 1. The van der Waals surface area contributed by atoms with Gasteiger partial charge in [-0.05, 0) is 50.1 Å². The van der Waals surface area contributed by atoms with Crippen molar-refractivity contribution in [3.63, 3.8) is 0 Å². The molecule has 0 aliphatic heterocycles. The number of nitrogens with one attached hydrogen (secondary N) is 1. The maximum atomic E-state index is 13.1. The summed E-state index contributed by atoms with van der Waals surface area (Å²) in [5.41, 5.74) is 6.10. The Bertz CT molecular complexity index is 542. The Kier molecular flexibility index (Phi) is 3.58. The van der Waals surface area contributed by atoms with Crippen molar-refractivity contribution in [3.05, 3.63) is 39.2 Å². The Morgan fingerprint density at radius 3 is 2.65 bits per heavy atom. The molecule has 1 aromatic carbocycles. The number of rotatable bonds is 2. The minimum absolute atomic E-state index is 0.295. The third-order valence-corrected chi connectivity index (χ3v) is 2.99. The van der Waals surface area contributed by atoms with E-state index in [4.69, 9.17) is 5.73 Å². The van der Waals surface area contributed by atoms with E-state index in [0.29, 0.717) is 26.5 Å². The number of benzene rings is 1. The van der Waals surface area contributed by atoms with Crippen molar-refractivity contribution in [2.45, 2.75) is 0 Å². The van der Waals surface area contributed by atoms with Gasteiger partial charge in [0.15, 0.2) is 0 Å². The average Bonchev–Trinajstić information content (AvgIpc) is 2.22. The minimum atomic E-state index is -0.348. The fourth-order valence-corrected chi connectivity index (χ4v) is 1.95. The lowest BCUT2D eigenvalue weighted by molar-refractivity contribution is 0.628. The van der Waals surface area contributed by atoms with Crippen molar-refractivity contribution < 1.29 is 4.39 Å². The fourth-order valence-electron chi connectivity index (χ4n) is 1.20. The Morgan fingerprint density at radius 2 is 1.94 bits per heavy atom. The van der Waals surface area contributed by atoms with Gasteiger partial charge in [-0.3, -0.25) is 0 Å². The van der Waals surface area contributed by atoms with Crippen LogP contribution in [-0.4, -0.2) is 9.97 Å². The highest BCUT2D eigenvalue weighted by Gasteiger charge is 2.05. The van der Waals surface area contributed by atoms with E-state index in [0.717, 1.165) is 0 Å². The normalized spacial score (nSPS) is 10.3. The standard InChI is InChI=1S/C10H7Br2FN4/c11-6-2-1-5(13)3-7(6)15-10-16-8(12)4-9(14)17-10/h1-4H,(H3,14,15,16,17). The summed E-state index contributed by atoms with van der Waals surface area (Å²) in [6, 6.07) is 5.86. The first-order valence-electron chi connectivity index (χ1n) is 4.57. The van der Waals surface area contributed by atoms with Gasteiger partial charge in [0.05, 0.1) is 5.69 Å². The van der Waals surface area contributed by atoms with E-state index in [1.165, 1.54) is 12.1 Å². The molecule has 0 unspecified atom stereocenters. The monoisotopic (exact) mass is 360 g/mol. The number of nitrogens with two attached hydrogens (primary N) is 1. The summed E-state index contributed by atoms with van der Waals surface area (Å²) >= 11 is 6.50. The molecule has 17 heavy (non-hydrogen) atoms. The molecule has 0 aliphatic carbocycles. The molecule has 0 atom stereocenters. The molecule has 2 aromatic rings. The van der Waals surface area contributed by atoms with Crippen molar-refractivity contribution in [2.75, 3.05) is 11.1 Å². The molecule has 0 spiro atoms. The lowest BCUT2D eigenvalue weighted by Gasteiger charge is -2.07. The zero-order chi connectivity index (χ0) is 12.4. The third kappa shape index (κ3) is 3.13. The number of nitrogens with zero attached hydrogens (tertiary/aromatic N) is 2. The summed E-state index contributed by atoms with van der Waals surface area (Å²) in [5, 5.41) is 2.88. The molecule has 1 heterocycles. The molecule has 1 aromatic heterocycles. The van der Waals surface area contributed by atoms with Crippen LogP contribution < -0.4 is 11.1 Å². The molecule has 0 saturated heterocycles. The van der Waals surface area contributed by atoms with E-state index in [1.807, 2.05) is 0 Å². The Balaban J connectivity index is 2.34. The summed E-state index contributed by atoms with van der Waals surface area (Å²) in [6.07, 6.45) is 0. The van der Waals surface area contributed by atoms with Crippen LogP contribution in [0.5, 0.6) is 0 Å². The van der Waals surface area contributed by atoms with Gasteiger partial charge in [-0.2, -0.15) is 4.98 Å². The van der Waals surface area contributed by atoms with Crippen LogP contribution in [0.4, 0.5) is 21.8 Å². The topological polar surface area (TPSA) is 63.8 Å². The van der Waals surface area contributed by atoms with E-state index in [2.05, 4.69) is 47.1 Å². The predicted molar refractivity (Wildman–Crippen MR) is 71.5 cm³/mol. The molecule has 0 aliphatic rings. The van der Waals surface area contributed by atoms with Crippen LogP contribution in [0.15, 0.2) is 33.3 Å². The number of hydrogen-bond donors (Lipinski definition) is 2. The molecule has 0 saturated carbocycles. The second-order valence-electron chi connectivity index (χ2n) is 3.19. The zero-order valence-corrected chi connectivity index (χ0v) is 11.6. The van der Waals surface area contributed by atoms with Crippen LogP contribution in [-0.2, 0) is 0 Å². The van der Waals surface area contributed by atoms with Gasteiger partial charge >= 0.3 is 0 Å². The molecular weight excluding hydrogens is 355 g/mol. The molecule has 0 fully saturated rings. The van der Waals surface area contributed by atoms with Crippen molar-refractivity contribution in [1.29, 1.82) is 0 Å². The van der Waals surface area contributed by atoms with Crippen LogP contribution in [0.2, 0.25) is 0 Å². The largest absolute Gasteiger partial charge is 0.383 e. The Morgan fingerprint density at radius 1 is 1.18 bits per heavy atom. The van der Waals surface area contributed by atoms with Crippen molar-refractivity contribution in [3.8, 4) is 0 Å². The molecule has 0 bridgehead atoms. The Hall–Kier alpha value is -1.21. The van der Waals surface area contributed by atoms with Gasteiger partial charge in [0.1, 0.15) is 16.2 Å². The van der Waals surface area contributed by atoms with Crippen LogP contribution in [0.1, 0.15) is 0 Å². The van der Waals surface area contributed by atoms with E-state index in [9.17, 15) is 4.39 Å². The van der Waals surface area contributed by atoms with Crippen LogP contribution >= 0.6 is 31.9 Å². The Labute approximate surface area is 114 Å². The van der Waals surface area contributed by atoms with Gasteiger partial charge in [-0.15, -0.1) is 0 Å². The first-order valence-corrected chi connectivity index (χ1v) is 6.15. The highest BCUT2D eigenvalue weighted by Crippen LogP contribution is 2.26. The van der Waals surface area contributed by atoms with Crippen LogP contribution in [0, 0.1) is 5.82 Å². The van der Waals surface area contributed by atoms with E-state index in [-0.39, 0.29) is 5.82 Å². The summed E-state index contributed by atoms with van der Waals surface area (Å²) in [4.78, 5) is 8.05. The summed E-state index contributed by atoms with van der Waals surface area (Å²) < 4.78 is 14.3. The highest BCUT2D eigenvalue weighted by atomic mass is 79.9. The molecule has 0 radical (unpaired) electrons. The van der Waals surface area contributed by atoms with E-state index in [1.54, 1.807) is 12.1 Å². The van der Waals surface area contributed by atoms with Crippen molar-refractivity contribution >= 4 is 49.3 Å². The fraction of sp³-hybridized carbons (Fsp3) is 0. The maximum Gasteiger partial charge on any atom is 0.230 e. The number of anilines is 3. The number of hydrogen-bond acceptors (Lipinski definition) is 4. The lowest BCUT2D eigenvalue weighted by atomic mass is 10.3. The lowest BCUT2D eigenvalue weighted by Crippen LogP contribution is -2.01. The quantitative estimate of drug-likeness (QED) is 0.804. The zero-order valence-electron chi connectivity index (χ0n) is 8.42. The molecule has 4 nitrogen and oxygen atoms in total. The first kappa shape index (κ1) is 12.3. The second kappa shape index (κ2) is 4.97. The van der Waals surface area contributed by atoms with Gasteiger partial charge in [0.2, 0.25) is 5.95 Å². The van der Waals surface area contributed by atoms with Crippen molar-refractivity contribution in [2.24, 2.45) is 0 Å². The van der Waals surface area contributed by atoms with Crippen LogP contribution in [0.25, 0.3) is 0 Å². The van der Waals surface area contributed by atoms with Crippen LogP contribution in [0.3, 0.4) is 0 Å². The summed E-state index contributed by atoms with van der Waals surface area (Å²) in [5.74, 6) is 0.267. The van der Waals surface area contributed by atoms with Gasteiger partial charge in [0, 0.05) is 10.5 Å². The molecular formula is C10H7Br2FN4. The first-order chi connectivity index (χ1) is 8.04. The predicted octanol–water partition coefficient (Wildman–Crippen LogP) is 3.47. The SMILES string of the molecule is Nc1cc(Br)nc(Nc2cc(F)ccc2Br)n1. The van der Waals surface area contributed by atoms with Gasteiger partial charge in [-0.25, -0.2) is 9.37 Å².